The predicted molar refractivity (Wildman–Crippen MR) is 81.8 cm³/mol. The number of amides is 3. The fourth-order valence-electron chi connectivity index (χ4n) is 2.41. The molecule has 0 bridgehead atoms. The zero-order valence-corrected chi connectivity index (χ0v) is 12.7. The normalized spacial score (nSPS) is 15.6. The summed E-state index contributed by atoms with van der Waals surface area (Å²) in [7, 11) is 1.48. The van der Waals surface area contributed by atoms with Gasteiger partial charge in [0.25, 0.3) is 5.91 Å². The lowest BCUT2D eigenvalue weighted by Crippen LogP contribution is -3.16. The minimum Gasteiger partial charge on any atom is -0.359 e. The summed E-state index contributed by atoms with van der Waals surface area (Å²) in [4.78, 5) is 26.1. The largest absolute Gasteiger partial charge is 0.359 e. The Bertz CT molecular complexity index is 515. The van der Waals surface area contributed by atoms with Gasteiger partial charge in [-0.05, 0) is 12.1 Å². The first-order valence-electron chi connectivity index (χ1n) is 6.94. The van der Waals surface area contributed by atoms with Gasteiger partial charge in [0, 0.05) is 7.05 Å². The van der Waals surface area contributed by atoms with Crippen molar-refractivity contribution in [1.29, 1.82) is 0 Å². The summed E-state index contributed by atoms with van der Waals surface area (Å²) in [5.74, 6) is -0.254. The second kappa shape index (κ2) is 7.28. The van der Waals surface area contributed by atoms with E-state index in [1.165, 1.54) is 11.9 Å². The maximum atomic E-state index is 11.7. The lowest BCUT2D eigenvalue weighted by Gasteiger charge is -2.33. The molecule has 21 heavy (non-hydrogen) atoms. The van der Waals surface area contributed by atoms with Crippen molar-refractivity contribution >= 4 is 29.2 Å². The van der Waals surface area contributed by atoms with Gasteiger partial charge in [-0.3, -0.25) is 10.1 Å². The van der Waals surface area contributed by atoms with Gasteiger partial charge in [-0.1, -0.05) is 23.7 Å². The first-order chi connectivity index (χ1) is 10.1. The summed E-state index contributed by atoms with van der Waals surface area (Å²) in [6.07, 6.45) is 0. The van der Waals surface area contributed by atoms with Crippen LogP contribution in [0.1, 0.15) is 0 Å². The molecule has 114 valence electrons. The Morgan fingerprint density at radius 2 is 1.95 bits per heavy atom. The van der Waals surface area contributed by atoms with Crippen molar-refractivity contribution in [3.05, 3.63) is 29.3 Å². The SMILES string of the molecule is CNC(=O)NC(=O)C[NH+]1CCN(c2ccccc2Cl)CC1. The number of carbonyl (C=O) groups excluding carboxylic acids is 2. The van der Waals surface area contributed by atoms with Gasteiger partial charge < -0.3 is 15.1 Å². The molecule has 3 N–H and O–H groups in total. The smallest absolute Gasteiger partial charge is 0.321 e. The van der Waals surface area contributed by atoms with Gasteiger partial charge in [-0.2, -0.15) is 0 Å². The molecule has 2 rings (SSSR count). The molecule has 0 aliphatic carbocycles. The van der Waals surface area contributed by atoms with Gasteiger partial charge in [0.05, 0.1) is 36.9 Å². The fraction of sp³-hybridized carbons (Fsp3) is 0.429. The first kappa shape index (κ1) is 15.6. The van der Waals surface area contributed by atoms with Crippen LogP contribution >= 0.6 is 11.6 Å². The number of para-hydroxylation sites is 1. The zero-order chi connectivity index (χ0) is 15.2. The van der Waals surface area contributed by atoms with Crippen LogP contribution in [0.4, 0.5) is 10.5 Å². The average molecular weight is 312 g/mol. The average Bonchev–Trinajstić information content (AvgIpc) is 2.48. The quantitative estimate of drug-likeness (QED) is 0.705. The summed E-state index contributed by atoms with van der Waals surface area (Å²) in [6.45, 7) is 3.67. The van der Waals surface area contributed by atoms with E-state index < -0.39 is 6.03 Å². The number of benzene rings is 1. The van der Waals surface area contributed by atoms with Crippen molar-refractivity contribution in [1.82, 2.24) is 10.6 Å². The Labute approximate surface area is 129 Å². The summed E-state index contributed by atoms with van der Waals surface area (Å²) in [5, 5.41) is 5.40. The molecule has 0 atom stereocenters. The molecular formula is C14H20ClN4O2+. The number of anilines is 1. The van der Waals surface area contributed by atoms with E-state index in [-0.39, 0.29) is 5.91 Å². The number of halogens is 1. The van der Waals surface area contributed by atoms with Crippen molar-refractivity contribution in [2.24, 2.45) is 0 Å². The molecule has 1 aliphatic heterocycles. The topological polar surface area (TPSA) is 65.9 Å². The monoisotopic (exact) mass is 311 g/mol. The standard InChI is InChI=1S/C14H19ClN4O2/c1-16-14(21)17-13(20)10-18-6-8-19(9-7-18)12-5-3-2-4-11(12)15/h2-5H,6-10H2,1H3,(H2,16,17,20,21)/p+1. The molecule has 0 saturated carbocycles. The number of nitrogens with zero attached hydrogens (tertiary/aromatic N) is 1. The number of nitrogens with one attached hydrogen (secondary N) is 3. The van der Waals surface area contributed by atoms with Crippen LogP contribution in [0, 0.1) is 0 Å². The molecule has 1 aliphatic rings. The minimum atomic E-state index is -0.464. The number of hydrogen-bond acceptors (Lipinski definition) is 3. The molecule has 6 nitrogen and oxygen atoms in total. The van der Waals surface area contributed by atoms with Crippen molar-refractivity contribution < 1.29 is 14.5 Å². The third kappa shape index (κ3) is 4.34. The molecule has 0 radical (unpaired) electrons. The van der Waals surface area contributed by atoms with Crippen LogP contribution in [-0.2, 0) is 4.79 Å². The van der Waals surface area contributed by atoms with Crippen LogP contribution in [-0.4, -0.2) is 51.7 Å². The third-order valence-corrected chi connectivity index (χ3v) is 3.87. The third-order valence-electron chi connectivity index (χ3n) is 3.55. The van der Waals surface area contributed by atoms with Crippen LogP contribution in [0.2, 0.25) is 5.02 Å². The second-order valence-corrected chi connectivity index (χ2v) is 5.40. The molecule has 1 aromatic carbocycles. The molecule has 1 aromatic rings. The Balaban J connectivity index is 1.82. The van der Waals surface area contributed by atoms with Gasteiger partial charge in [0.2, 0.25) is 0 Å². The maximum Gasteiger partial charge on any atom is 0.321 e. The van der Waals surface area contributed by atoms with Crippen LogP contribution in [0.25, 0.3) is 0 Å². The lowest BCUT2D eigenvalue weighted by atomic mass is 10.2. The fourth-order valence-corrected chi connectivity index (χ4v) is 2.66. The molecular weight excluding hydrogens is 292 g/mol. The number of urea groups is 1. The van der Waals surface area contributed by atoms with Crippen molar-refractivity contribution in [3.63, 3.8) is 0 Å². The van der Waals surface area contributed by atoms with Gasteiger partial charge in [0.15, 0.2) is 6.54 Å². The van der Waals surface area contributed by atoms with Gasteiger partial charge >= 0.3 is 6.03 Å². The van der Waals surface area contributed by atoms with Crippen LogP contribution < -0.4 is 20.4 Å². The Morgan fingerprint density at radius 1 is 1.29 bits per heavy atom. The number of hydrogen-bond donors (Lipinski definition) is 3. The second-order valence-electron chi connectivity index (χ2n) is 4.99. The molecule has 1 fully saturated rings. The van der Waals surface area contributed by atoms with E-state index in [1.54, 1.807) is 0 Å². The summed E-state index contributed by atoms with van der Waals surface area (Å²) in [6, 6.07) is 7.31. The predicted octanol–water partition coefficient (Wildman–Crippen LogP) is -0.499. The van der Waals surface area contributed by atoms with Crippen molar-refractivity contribution in [2.75, 3.05) is 44.7 Å². The van der Waals surface area contributed by atoms with Crippen molar-refractivity contribution in [2.45, 2.75) is 0 Å². The number of piperazine rings is 1. The summed E-state index contributed by atoms with van der Waals surface area (Å²) >= 11 is 6.19. The minimum absolute atomic E-state index is 0.254. The molecule has 0 aromatic heterocycles. The van der Waals surface area contributed by atoms with Crippen LogP contribution in [0.5, 0.6) is 0 Å². The molecule has 0 unspecified atom stereocenters. The molecule has 1 heterocycles. The van der Waals surface area contributed by atoms with E-state index in [0.29, 0.717) is 6.54 Å². The van der Waals surface area contributed by atoms with E-state index in [9.17, 15) is 9.59 Å². The van der Waals surface area contributed by atoms with Gasteiger partial charge in [0.1, 0.15) is 0 Å². The van der Waals surface area contributed by atoms with E-state index in [4.69, 9.17) is 11.6 Å². The highest BCUT2D eigenvalue weighted by Crippen LogP contribution is 2.24. The molecule has 3 amide bonds. The highest BCUT2D eigenvalue weighted by molar-refractivity contribution is 6.33. The lowest BCUT2D eigenvalue weighted by molar-refractivity contribution is -0.892. The Kier molecular flexibility index (Phi) is 5.41. The van der Waals surface area contributed by atoms with Crippen LogP contribution in [0.15, 0.2) is 24.3 Å². The number of carbonyl (C=O) groups is 2. The highest BCUT2D eigenvalue weighted by Gasteiger charge is 2.23. The molecule has 1 saturated heterocycles. The first-order valence-corrected chi connectivity index (χ1v) is 7.32. The summed E-state index contributed by atoms with van der Waals surface area (Å²) in [5.41, 5.74) is 1.04. The van der Waals surface area contributed by atoms with E-state index >= 15 is 0 Å². The number of rotatable bonds is 3. The molecule has 7 heteroatoms. The van der Waals surface area contributed by atoms with E-state index in [0.717, 1.165) is 36.9 Å². The van der Waals surface area contributed by atoms with Gasteiger partial charge in [-0.15, -0.1) is 0 Å². The summed E-state index contributed by atoms with van der Waals surface area (Å²) < 4.78 is 0. The molecule has 0 spiro atoms. The van der Waals surface area contributed by atoms with E-state index in [1.807, 2.05) is 24.3 Å². The Morgan fingerprint density at radius 3 is 2.57 bits per heavy atom. The Hall–Kier alpha value is -1.79. The zero-order valence-electron chi connectivity index (χ0n) is 12.0. The maximum absolute atomic E-state index is 11.7. The van der Waals surface area contributed by atoms with Crippen molar-refractivity contribution in [3.8, 4) is 0 Å². The number of imide groups is 1. The highest BCUT2D eigenvalue weighted by atomic mass is 35.5. The van der Waals surface area contributed by atoms with Gasteiger partial charge in [-0.25, -0.2) is 4.79 Å². The van der Waals surface area contributed by atoms with Crippen LogP contribution in [0.3, 0.4) is 0 Å². The number of quaternary nitrogens is 1. The van der Waals surface area contributed by atoms with E-state index in [2.05, 4.69) is 15.5 Å².